The monoisotopic (exact) mass is 745 g/mol. The first-order valence-electron chi connectivity index (χ1n) is 18.6. The average molecular weight is 746 g/mol. The first kappa shape index (κ1) is 40.4. The maximum Gasteiger partial charge on any atom is 0.250 e. The molecule has 0 spiro atoms. The number of aromatic nitrogens is 5. The van der Waals surface area contributed by atoms with Gasteiger partial charge in [-0.25, -0.2) is 9.37 Å². The van der Waals surface area contributed by atoms with Gasteiger partial charge in [0.05, 0.1) is 36.1 Å². The van der Waals surface area contributed by atoms with Crippen LogP contribution in [0.5, 0.6) is 5.75 Å². The summed E-state index contributed by atoms with van der Waals surface area (Å²) in [5.41, 5.74) is 9.68. The standard InChI is InChI=1S/C21H23FN2O3.C20H19N3O.C4H10/c1-12(2)18-9-17(26-5)8-16(21(18)22)11-24-10-15(6-7-19(24)25)20-13(3)23-27-14(20)4;1-13-20(14(2)24-22-13)17-9-10-18-19(11-17)23(15(3)21-18)12-16-7-5-4-6-8-16;1-4(2)3/h6-10,12H,11H2,1-5H3;4-11H,12H2,1-3H3;4H,1-3H3. The molecule has 0 saturated carbocycles. The van der Waals surface area contributed by atoms with Gasteiger partial charge in [-0.3, -0.25) is 4.79 Å². The summed E-state index contributed by atoms with van der Waals surface area (Å²) < 4.78 is 34.6. The molecule has 0 unspecified atom stereocenters. The number of ether oxygens (including phenoxy) is 1. The Bertz CT molecular complexity index is 2390. The molecule has 4 aromatic heterocycles. The molecule has 0 fully saturated rings. The van der Waals surface area contributed by atoms with Gasteiger partial charge in [0.1, 0.15) is 28.9 Å². The summed E-state index contributed by atoms with van der Waals surface area (Å²) in [4.78, 5) is 17.1. The van der Waals surface area contributed by atoms with E-state index >= 15 is 0 Å². The number of fused-ring (bicyclic) bond motifs is 1. The number of benzene rings is 3. The van der Waals surface area contributed by atoms with Crippen LogP contribution in [0.2, 0.25) is 0 Å². The summed E-state index contributed by atoms with van der Waals surface area (Å²) >= 11 is 0. The number of hydrogen-bond donors (Lipinski definition) is 0. The topological polar surface area (TPSA) is 101 Å². The van der Waals surface area contributed by atoms with Gasteiger partial charge in [0.25, 0.3) is 5.56 Å². The van der Waals surface area contributed by atoms with Crippen molar-refractivity contribution in [2.45, 2.75) is 88.2 Å². The smallest absolute Gasteiger partial charge is 0.250 e. The van der Waals surface area contributed by atoms with E-state index in [1.165, 1.54) is 16.2 Å². The second kappa shape index (κ2) is 17.6. The van der Waals surface area contributed by atoms with Gasteiger partial charge in [0.2, 0.25) is 0 Å². The van der Waals surface area contributed by atoms with Crippen LogP contribution in [-0.2, 0) is 13.1 Å². The Morgan fingerprint density at radius 1 is 0.764 bits per heavy atom. The Balaban J connectivity index is 0.000000193. The number of aryl methyl sites for hydroxylation is 5. The minimum atomic E-state index is -0.305. The quantitative estimate of drug-likeness (QED) is 0.153. The average Bonchev–Trinajstić information content (AvgIpc) is 3.78. The molecule has 0 atom stereocenters. The molecule has 4 heterocycles. The van der Waals surface area contributed by atoms with E-state index < -0.39 is 0 Å². The molecule has 0 aliphatic heterocycles. The highest BCUT2D eigenvalue weighted by Gasteiger charge is 2.18. The van der Waals surface area contributed by atoms with Gasteiger partial charge in [-0.15, -0.1) is 0 Å². The second-order valence-electron chi connectivity index (χ2n) is 14.8. The fraction of sp³-hybridized carbons (Fsp3) is 0.333. The van der Waals surface area contributed by atoms with E-state index in [4.69, 9.17) is 18.8 Å². The van der Waals surface area contributed by atoms with Crippen LogP contribution in [0.25, 0.3) is 33.3 Å². The third-order valence-corrected chi connectivity index (χ3v) is 9.10. The molecule has 55 heavy (non-hydrogen) atoms. The maximum absolute atomic E-state index is 15.0. The highest BCUT2D eigenvalue weighted by Crippen LogP contribution is 2.31. The van der Waals surface area contributed by atoms with Crippen molar-refractivity contribution in [2.75, 3.05) is 7.11 Å². The zero-order chi connectivity index (χ0) is 40.0. The van der Waals surface area contributed by atoms with Crippen LogP contribution in [0.4, 0.5) is 4.39 Å². The number of nitrogens with zero attached hydrogens (tertiary/aromatic N) is 5. The summed E-state index contributed by atoms with van der Waals surface area (Å²) in [6.45, 7) is 20.9. The molecule has 3 aromatic carbocycles. The van der Waals surface area contributed by atoms with Gasteiger partial charge in [-0.2, -0.15) is 0 Å². The van der Waals surface area contributed by atoms with Crippen LogP contribution in [0.15, 0.2) is 92.8 Å². The SMILES string of the molecule is CC(C)C.COc1cc(Cn2cc(-c3c(C)noc3C)ccc2=O)c(F)c(C(C)C)c1.Cc1noc(C)c1-c1ccc2nc(C)n(Cc3ccccc3)c2c1. The van der Waals surface area contributed by atoms with E-state index in [0.717, 1.165) is 68.7 Å². The third kappa shape index (κ3) is 9.49. The van der Waals surface area contributed by atoms with Crippen LogP contribution >= 0.6 is 0 Å². The number of pyridine rings is 1. The Labute approximate surface area is 322 Å². The van der Waals surface area contributed by atoms with Crippen molar-refractivity contribution in [3.05, 3.63) is 141 Å². The van der Waals surface area contributed by atoms with Crippen molar-refractivity contribution in [3.63, 3.8) is 0 Å². The lowest BCUT2D eigenvalue weighted by Crippen LogP contribution is -2.20. The normalized spacial score (nSPS) is 11.1. The minimum Gasteiger partial charge on any atom is -0.497 e. The molecule has 288 valence electrons. The van der Waals surface area contributed by atoms with Crippen molar-refractivity contribution >= 4 is 11.0 Å². The summed E-state index contributed by atoms with van der Waals surface area (Å²) in [5.74, 6) is 3.64. The lowest BCUT2D eigenvalue weighted by molar-refractivity contribution is 0.393. The Kier molecular flexibility index (Phi) is 12.9. The van der Waals surface area contributed by atoms with Gasteiger partial charge in [-0.1, -0.05) is 81.3 Å². The zero-order valence-corrected chi connectivity index (χ0v) is 33.8. The van der Waals surface area contributed by atoms with E-state index in [2.05, 4.69) is 85.0 Å². The van der Waals surface area contributed by atoms with E-state index in [9.17, 15) is 9.18 Å². The van der Waals surface area contributed by atoms with Crippen molar-refractivity contribution in [3.8, 4) is 28.0 Å². The van der Waals surface area contributed by atoms with Crippen molar-refractivity contribution in [1.29, 1.82) is 0 Å². The van der Waals surface area contributed by atoms with Gasteiger partial charge in [0, 0.05) is 41.1 Å². The molecule has 7 rings (SSSR count). The fourth-order valence-corrected chi connectivity index (χ4v) is 6.47. The van der Waals surface area contributed by atoms with Gasteiger partial charge < -0.3 is 22.9 Å². The van der Waals surface area contributed by atoms with Crippen molar-refractivity contribution in [2.24, 2.45) is 5.92 Å². The largest absolute Gasteiger partial charge is 0.497 e. The zero-order valence-electron chi connectivity index (χ0n) is 33.8. The van der Waals surface area contributed by atoms with Crippen molar-refractivity contribution < 1.29 is 18.2 Å². The molecular formula is C45H52FN5O4. The highest BCUT2D eigenvalue weighted by atomic mass is 19.1. The molecule has 0 saturated heterocycles. The predicted octanol–water partition coefficient (Wildman–Crippen LogP) is 10.8. The Hall–Kier alpha value is -5.77. The van der Waals surface area contributed by atoms with E-state index in [0.29, 0.717) is 22.6 Å². The molecule has 0 radical (unpaired) electrons. The van der Waals surface area contributed by atoms with Crippen LogP contribution in [-0.4, -0.2) is 31.5 Å². The molecule has 0 N–H and O–H groups in total. The number of hydrogen-bond acceptors (Lipinski definition) is 7. The first-order chi connectivity index (χ1) is 26.2. The van der Waals surface area contributed by atoms with Gasteiger partial charge >= 0.3 is 0 Å². The molecule has 0 aliphatic carbocycles. The molecule has 10 heteroatoms. The van der Waals surface area contributed by atoms with Gasteiger partial charge in [0.15, 0.2) is 0 Å². The van der Waals surface area contributed by atoms with Crippen LogP contribution in [0.3, 0.4) is 0 Å². The lowest BCUT2D eigenvalue weighted by atomic mass is 9.99. The second-order valence-corrected chi connectivity index (χ2v) is 14.8. The first-order valence-corrected chi connectivity index (χ1v) is 18.6. The molecular weight excluding hydrogens is 694 g/mol. The number of methoxy groups -OCH3 is 1. The van der Waals surface area contributed by atoms with Crippen LogP contribution in [0, 0.1) is 46.4 Å². The molecule has 0 amide bonds. The van der Waals surface area contributed by atoms with E-state index in [-0.39, 0.29) is 23.8 Å². The molecule has 9 nitrogen and oxygen atoms in total. The summed E-state index contributed by atoms with van der Waals surface area (Å²) in [6.07, 6.45) is 1.71. The molecule has 7 aromatic rings. The molecule has 0 aliphatic rings. The minimum absolute atomic E-state index is 0.00390. The summed E-state index contributed by atoms with van der Waals surface area (Å²) in [7, 11) is 1.55. The van der Waals surface area contributed by atoms with Crippen LogP contribution < -0.4 is 10.3 Å². The highest BCUT2D eigenvalue weighted by molar-refractivity contribution is 5.83. The number of rotatable bonds is 8. The Morgan fingerprint density at radius 3 is 1.93 bits per heavy atom. The predicted molar refractivity (Wildman–Crippen MR) is 217 cm³/mol. The number of imidazole rings is 1. The van der Waals surface area contributed by atoms with Gasteiger partial charge in [-0.05, 0) is 93.5 Å². The molecule has 0 bridgehead atoms. The number of halogens is 1. The summed E-state index contributed by atoms with van der Waals surface area (Å²) in [5, 5.41) is 8.03. The van der Waals surface area contributed by atoms with Crippen molar-refractivity contribution in [1.82, 2.24) is 24.4 Å². The van der Waals surface area contributed by atoms with Crippen LogP contribution in [0.1, 0.15) is 86.0 Å². The maximum atomic E-state index is 15.0. The Morgan fingerprint density at radius 2 is 1.36 bits per heavy atom. The van der Waals surface area contributed by atoms with E-state index in [1.807, 2.05) is 47.6 Å². The van der Waals surface area contributed by atoms with E-state index in [1.54, 1.807) is 31.5 Å². The lowest BCUT2D eigenvalue weighted by Gasteiger charge is -2.15. The fourth-order valence-electron chi connectivity index (χ4n) is 6.47. The third-order valence-electron chi connectivity index (χ3n) is 9.10. The summed E-state index contributed by atoms with van der Waals surface area (Å²) in [6, 6.07) is 23.4.